The van der Waals surface area contributed by atoms with Crippen LogP contribution in [0.4, 0.5) is 16.2 Å². The number of hydrogen-bond acceptors (Lipinski definition) is 6. The molecule has 1 atom stereocenters. The van der Waals surface area contributed by atoms with E-state index >= 15 is 0 Å². The number of fused-ring (bicyclic) bond motifs is 1. The van der Waals surface area contributed by atoms with Crippen LogP contribution in [0.3, 0.4) is 0 Å². The fourth-order valence-electron chi connectivity index (χ4n) is 2.77. The van der Waals surface area contributed by atoms with Gasteiger partial charge in [0.15, 0.2) is 5.65 Å². The molecule has 9 heteroatoms. The molecule has 8 nitrogen and oxygen atoms in total. The van der Waals surface area contributed by atoms with Gasteiger partial charge in [0.05, 0.1) is 11.9 Å². The first-order chi connectivity index (χ1) is 13.1. The van der Waals surface area contributed by atoms with Gasteiger partial charge in [-0.1, -0.05) is 6.92 Å². The van der Waals surface area contributed by atoms with Gasteiger partial charge < -0.3 is 5.32 Å². The molecule has 0 radical (unpaired) electrons. The highest BCUT2D eigenvalue weighted by Crippen LogP contribution is 2.21. The summed E-state index contributed by atoms with van der Waals surface area (Å²) in [6.45, 7) is 1.82. The van der Waals surface area contributed by atoms with Crippen molar-refractivity contribution in [2.24, 2.45) is 7.05 Å². The van der Waals surface area contributed by atoms with Crippen molar-refractivity contribution in [3.05, 3.63) is 48.7 Å². The van der Waals surface area contributed by atoms with Gasteiger partial charge in [0.25, 0.3) is 0 Å². The van der Waals surface area contributed by atoms with Gasteiger partial charge in [0.2, 0.25) is 5.95 Å². The van der Waals surface area contributed by atoms with E-state index in [1.165, 1.54) is 0 Å². The molecular formula is C18H19FN8. The fourth-order valence-corrected chi connectivity index (χ4v) is 2.77. The van der Waals surface area contributed by atoms with Crippen LogP contribution in [0.1, 0.15) is 19.2 Å². The highest BCUT2D eigenvalue weighted by molar-refractivity contribution is 5.65. The Hall–Kier alpha value is -3.36. The Morgan fingerprint density at radius 2 is 2.07 bits per heavy atom. The third-order valence-electron chi connectivity index (χ3n) is 4.34. The smallest absolute Gasteiger partial charge is 0.228 e. The molecule has 0 aliphatic rings. The molecule has 1 N–H and O–H groups in total. The molecule has 0 saturated carbocycles. The van der Waals surface area contributed by atoms with Crippen LogP contribution in [0.15, 0.2) is 42.9 Å². The van der Waals surface area contributed by atoms with Crippen LogP contribution >= 0.6 is 0 Å². The van der Waals surface area contributed by atoms with Crippen molar-refractivity contribution in [3.63, 3.8) is 0 Å². The third kappa shape index (κ3) is 3.48. The summed E-state index contributed by atoms with van der Waals surface area (Å²) in [5.41, 5.74) is 2.29. The van der Waals surface area contributed by atoms with Crippen molar-refractivity contribution in [1.29, 1.82) is 0 Å². The summed E-state index contributed by atoms with van der Waals surface area (Å²) in [5.74, 6) is 1.88. The molecule has 0 saturated heterocycles. The maximum atomic E-state index is 13.7. The molecule has 138 valence electrons. The second-order valence-corrected chi connectivity index (χ2v) is 6.20. The average molecular weight is 366 g/mol. The number of nitrogens with one attached hydrogen (secondary N) is 1. The summed E-state index contributed by atoms with van der Waals surface area (Å²) < 4.78 is 17.2. The van der Waals surface area contributed by atoms with Crippen LogP contribution in [0.2, 0.25) is 0 Å². The van der Waals surface area contributed by atoms with E-state index in [2.05, 4.69) is 30.6 Å². The van der Waals surface area contributed by atoms with Gasteiger partial charge >= 0.3 is 0 Å². The van der Waals surface area contributed by atoms with Crippen molar-refractivity contribution in [2.45, 2.75) is 25.9 Å². The molecule has 0 amide bonds. The van der Waals surface area contributed by atoms with Crippen molar-refractivity contribution in [3.8, 4) is 11.3 Å². The summed E-state index contributed by atoms with van der Waals surface area (Å²) >= 11 is 0. The molecule has 0 aromatic carbocycles. The molecule has 4 heterocycles. The minimum Gasteiger partial charge on any atom is -0.309 e. The van der Waals surface area contributed by atoms with Gasteiger partial charge in [-0.2, -0.15) is 5.10 Å². The quantitative estimate of drug-likeness (QED) is 0.565. The number of halogens is 1. The fraction of sp³-hybridized carbons (Fsp3) is 0.278. The van der Waals surface area contributed by atoms with Gasteiger partial charge in [-0.25, -0.2) is 14.4 Å². The van der Waals surface area contributed by atoms with Crippen molar-refractivity contribution in [1.82, 2.24) is 34.3 Å². The molecule has 0 aliphatic carbocycles. The van der Waals surface area contributed by atoms with E-state index in [0.29, 0.717) is 23.8 Å². The van der Waals surface area contributed by atoms with Crippen LogP contribution < -0.4 is 5.32 Å². The number of hydrogen-bond donors (Lipinski definition) is 1. The lowest BCUT2D eigenvalue weighted by Crippen LogP contribution is -2.06. The van der Waals surface area contributed by atoms with E-state index in [-0.39, 0.29) is 6.42 Å². The Balaban J connectivity index is 1.62. The van der Waals surface area contributed by atoms with Crippen LogP contribution in [0.25, 0.3) is 16.9 Å². The topological polar surface area (TPSA) is 85.8 Å². The monoisotopic (exact) mass is 366 g/mol. The summed E-state index contributed by atoms with van der Waals surface area (Å²) in [5, 5.41) is 15.5. The Bertz CT molecular complexity index is 1070. The highest BCUT2D eigenvalue weighted by Gasteiger charge is 2.13. The number of alkyl halides is 1. The molecule has 0 bridgehead atoms. The lowest BCUT2D eigenvalue weighted by atomic mass is 10.2. The molecule has 0 aliphatic heterocycles. The van der Waals surface area contributed by atoms with Crippen LogP contribution in [0, 0.1) is 0 Å². The van der Waals surface area contributed by atoms with E-state index in [0.717, 1.165) is 17.1 Å². The first-order valence-corrected chi connectivity index (χ1v) is 8.70. The number of nitrogens with zero attached hydrogens (tertiary/aromatic N) is 7. The normalized spacial score (nSPS) is 12.4. The van der Waals surface area contributed by atoms with Crippen molar-refractivity contribution in [2.75, 3.05) is 5.32 Å². The Kier molecular flexibility index (Phi) is 4.49. The van der Waals surface area contributed by atoms with E-state index in [9.17, 15) is 4.39 Å². The maximum absolute atomic E-state index is 13.7. The molecular weight excluding hydrogens is 347 g/mol. The highest BCUT2D eigenvalue weighted by atomic mass is 19.1. The predicted octanol–water partition coefficient (Wildman–Crippen LogP) is 2.95. The Morgan fingerprint density at radius 1 is 1.19 bits per heavy atom. The lowest BCUT2D eigenvalue weighted by molar-refractivity contribution is 0.317. The molecule has 0 spiro atoms. The molecule has 1 unspecified atom stereocenters. The second kappa shape index (κ2) is 7.10. The summed E-state index contributed by atoms with van der Waals surface area (Å²) in [6.07, 6.45) is 5.03. The van der Waals surface area contributed by atoms with E-state index < -0.39 is 6.17 Å². The Labute approximate surface area is 155 Å². The van der Waals surface area contributed by atoms with Gasteiger partial charge in [0, 0.05) is 37.5 Å². The van der Waals surface area contributed by atoms with Crippen molar-refractivity contribution < 1.29 is 4.39 Å². The van der Waals surface area contributed by atoms with E-state index in [1.807, 2.05) is 48.8 Å². The van der Waals surface area contributed by atoms with Crippen LogP contribution in [0.5, 0.6) is 0 Å². The minimum absolute atomic E-state index is 0.253. The third-order valence-corrected chi connectivity index (χ3v) is 4.34. The number of anilines is 2. The summed E-state index contributed by atoms with van der Waals surface area (Å²) in [7, 11) is 1.84. The van der Waals surface area contributed by atoms with E-state index in [1.54, 1.807) is 17.1 Å². The van der Waals surface area contributed by atoms with Gasteiger partial charge in [-0.05, 0) is 24.6 Å². The zero-order valence-electron chi connectivity index (χ0n) is 15.0. The summed E-state index contributed by atoms with van der Waals surface area (Å²) in [6, 6.07) is 7.46. The molecule has 27 heavy (non-hydrogen) atoms. The Morgan fingerprint density at radius 3 is 2.85 bits per heavy atom. The largest absolute Gasteiger partial charge is 0.309 e. The molecule has 0 fully saturated rings. The van der Waals surface area contributed by atoms with Gasteiger partial charge in [-0.3, -0.25) is 9.08 Å². The molecule has 4 aromatic heterocycles. The predicted molar refractivity (Wildman–Crippen MR) is 99.4 cm³/mol. The number of aryl methyl sites for hydroxylation is 1. The van der Waals surface area contributed by atoms with Gasteiger partial charge in [-0.15, -0.1) is 10.2 Å². The number of rotatable bonds is 6. The zero-order chi connectivity index (χ0) is 18.8. The SMILES string of the molecule is CCC(F)Cc1nnc2cc(-c3ccnc(Nc4ccnn4C)n3)ccn12. The first kappa shape index (κ1) is 17.1. The van der Waals surface area contributed by atoms with E-state index in [4.69, 9.17) is 0 Å². The number of aromatic nitrogens is 7. The first-order valence-electron chi connectivity index (χ1n) is 8.70. The maximum Gasteiger partial charge on any atom is 0.228 e. The van der Waals surface area contributed by atoms with Crippen molar-refractivity contribution >= 4 is 17.4 Å². The number of pyridine rings is 1. The molecule has 4 rings (SSSR count). The molecule has 4 aromatic rings. The van der Waals surface area contributed by atoms with Gasteiger partial charge in [0.1, 0.15) is 17.8 Å². The summed E-state index contributed by atoms with van der Waals surface area (Å²) in [4.78, 5) is 8.80. The average Bonchev–Trinajstić information content (AvgIpc) is 3.28. The second-order valence-electron chi connectivity index (χ2n) is 6.20. The van der Waals surface area contributed by atoms with Crippen LogP contribution in [-0.4, -0.2) is 40.5 Å². The minimum atomic E-state index is -0.917. The zero-order valence-corrected chi connectivity index (χ0v) is 15.0. The standard InChI is InChI=1S/C18H19FN8/c1-3-13(19)11-17-25-24-16-10-12(6-9-27(16)17)14-4-7-20-18(22-14)23-15-5-8-21-26(15)2/h4-10,13H,3,11H2,1-2H3,(H,20,22,23). The van der Waals surface area contributed by atoms with Crippen LogP contribution in [-0.2, 0) is 13.5 Å². The lowest BCUT2D eigenvalue weighted by Gasteiger charge is -2.07.